The number of benzene rings is 1. The van der Waals surface area contributed by atoms with Crippen LogP contribution in [0.15, 0.2) is 54.2 Å². The minimum atomic E-state index is 0.345. The van der Waals surface area contributed by atoms with E-state index in [1.807, 2.05) is 12.1 Å². The van der Waals surface area contributed by atoms with Crippen LogP contribution in [0.1, 0.15) is 24.2 Å². The Bertz CT molecular complexity index is 738. The first kappa shape index (κ1) is 19.9. The van der Waals surface area contributed by atoms with Crippen molar-refractivity contribution in [3.63, 3.8) is 0 Å². The summed E-state index contributed by atoms with van der Waals surface area (Å²) in [5, 5.41) is 9.78. The topological polar surface area (TPSA) is 43.2 Å². The third kappa shape index (κ3) is 6.06. The fourth-order valence-electron chi connectivity index (χ4n) is 3.04. The zero-order valence-corrected chi connectivity index (χ0v) is 16.8. The van der Waals surface area contributed by atoms with Gasteiger partial charge in [0.1, 0.15) is 5.82 Å². The molecule has 1 fully saturated rings. The van der Waals surface area contributed by atoms with Crippen molar-refractivity contribution in [2.75, 3.05) is 26.0 Å². The smallest absolute Gasteiger partial charge is 0.191 e. The van der Waals surface area contributed by atoms with Crippen LogP contribution in [0.2, 0.25) is 0 Å². The Balaban J connectivity index is 1.56. The molecule has 1 aliphatic rings. The van der Waals surface area contributed by atoms with Crippen molar-refractivity contribution in [2.45, 2.75) is 37.2 Å². The highest BCUT2D eigenvalue weighted by molar-refractivity contribution is 7.99. The molecule has 1 aromatic heterocycles. The minimum absolute atomic E-state index is 0.345. The SMILES string of the molecule is C=CCn1c(CN(C)C/C=C/c2ccccc2)nnc1SCC1CCCO1. The molecule has 0 N–H and O–H groups in total. The van der Waals surface area contributed by atoms with Crippen LogP contribution >= 0.6 is 11.8 Å². The third-order valence-corrected chi connectivity index (χ3v) is 5.56. The third-order valence-electron chi connectivity index (χ3n) is 4.47. The van der Waals surface area contributed by atoms with Crippen molar-refractivity contribution in [3.8, 4) is 0 Å². The Morgan fingerprint density at radius 3 is 2.93 bits per heavy atom. The average Bonchev–Trinajstić information content (AvgIpc) is 3.32. The first-order valence-electron chi connectivity index (χ1n) is 9.43. The lowest BCUT2D eigenvalue weighted by atomic mass is 10.2. The van der Waals surface area contributed by atoms with Gasteiger partial charge in [-0.3, -0.25) is 4.90 Å². The number of thioether (sulfide) groups is 1. The molecule has 1 aliphatic heterocycles. The Kier molecular flexibility index (Phi) is 7.68. The number of likely N-dealkylation sites (N-methyl/N-ethyl adjacent to an activating group) is 1. The average molecular weight is 385 g/mol. The van der Waals surface area contributed by atoms with Crippen molar-refractivity contribution in [3.05, 3.63) is 60.5 Å². The van der Waals surface area contributed by atoms with Gasteiger partial charge in [0.15, 0.2) is 5.16 Å². The standard InChI is InChI=1S/C21H28N4OS/c1-3-13-25-20(22-23-21(25)27-17-19-12-8-15-26-19)16-24(2)14-7-11-18-9-5-4-6-10-18/h3-7,9-11,19H,1,8,12-17H2,2H3/b11-7+. The van der Waals surface area contributed by atoms with Crippen LogP contribution in [0.5, 0.6) is 0 Å². The van der Waals surface area contributed by atoms with E-state index in [2.05, 4.69) is 69.7 Å². The maximum atomic E-state index is 5.71. The van der Waals surface area contributed by atoms with Crippen LogP contribution in [0.3, 0.4) is 0 Å². The van der Waals surface area contributed by atoms with E-state index in [-0.39, 0.29) is 0 Å². The molecular weight excluding hydrogens is 356 g/mol. The van der Waals surface area contributed by atoms with E-state index in [4.69, 9.17) is 4.74 Å². The van der Waals surface area contributed by atoms with Gasteiger partial charge in [-0.15, -0.1) is 16.8 Å². The van der Waals surface area contributed by atoms with Crippen LogP contribution in [0.25, 0.3) is 6.08 Å². The van der Waals surface area contributed by atoms with Gasteiger partial charge in [-0.2, -0.15) is 0 Å². The molecule has 2 heterocycles. The fourth-order valence-corrected chi connectivity index (χ4v) is 4.07. The number of ether oxygens (including phenoxy) is 1. The summed E-state index contributed by atoms with van der Waals surface area (Å²) >= 11 is 1.73. The van der Waals surface area contributed by atoms with E-state index in [0.717, 1.165) is 55.8 Å². The summed E-state index contributed by atoms with van der Waals surface area (Å²) in [6.07, 6.45) is 8.88. The van der Waals surface area contributed by atoms with E-state index >= 15 is 0 Å². The zero-order valence-electron chi connectivity index (χ0n) is 16.0. The number of hydrogen-bond donors (Lipinski definition) is 0. The second kappa shape index (κ2) is 10.4. The fraction of sp³-hybridized carbons (Fsp3) is 0.429. The zero-order chi connectivity index (χ0) is 18.9. The highest BCUT2D eigenvalue weighted by atomic mass is 32.2. The molecule has 0 aliphatic carbocycles. The van der Waals surface area contributed by atoms with Gasteiger partial charge in [0, 0.05) is 25.4 Å². The molecule has 6 heteroatoms. The van der Waals surface area contributed by atoms with E-state index in [0.29, 0.717) is 6.10 Å². The van der Waals surface area contributed by atoms with E-state index in [9.17, 15) is 0 Å². The first-order chi connectivity index (χ1) is 13.3. The van der Waals surface area contributed by atoms with E-state index in [1.165, 1.54) is 5.56 Å². The predicted molar refractivity (Wildman–Crippen MR) is 112 cm³/mol. The van der Waals surface area contributed by atoms with Crippen molar-refractivity contribution >= 4 is 17.8 Å². The summed E-state index contributed by atoms with van der Waals surface area (Å²) in [5.41, 5.74) is 1.22. The molecule has 1 aromatic carbocycles. The summed E-state index contributed by atoms with van der Waals surface area (Å²) in [7, 11) is 2.10. The molecule has 1 unspecified atom stereocenters. The second-order valence-corrected chi connectivity index (χ2v) is 7.74. The number of aromatic nitrogens is 3. The molecule has 5 nitrogen and oxygen atoms in total. The molecule has 0 saturated carbocycles. The van der Waals surface area contributed by atoms with Gasteiger partial charge in [-0.25, -0.2) is 0 Å². The summed E-state index contributed by atoms with van der Waals surface area (Å²) in [6.45, 7) is 7.10. The molecule has 3 rings (SSSR count). The molecule has 0 amide bonds. The number of allylic oxidation sites excluding steroid dienone is 1. The molecule has 144 valence electrons. The largest absolute Gasteiger partial charge is 0.377 e. The van der Waals surface area contributed by atoms with E-state index in [1.54, 1.807) is 11.8 Å². The summed E-state index contributed by atoms with van der Waals surface area (Å²) in [4.78, 5) is 2.23. The van der Waals surface area contributed by atoms with Crippen molar-refractivity contribution in [1.29, 1.82) is 0 Å². The number of rotatable bonds is 10. The molecule has 0 bridgehead atoms. The molecule has 1 saturated heterocycles. The lowest BCUT2D eigenvalue weighted by molar-refractivity contribution is 0.129. The van der Waals surface area contributed by atoms with Gasteiger partial charge in [-0.05, 0) is 25.5 Å². The van der Waals surface area contributed by atoms with Gasteiger partial charge in [0.2, 0.25) is 0 Å². The predicted octanol–water partition coefficient (Wildman–Crippen LogP) is 3.88. The van der Waals surface area contributed by atoms with Crippen molar-refractivity contribution in [2.24, 2.45) is 0 Å². The maximum Gasteiger partial charge on any atom is 0.191 e. The highest BCUT2D eigenvalue weighted by Crippen LogP contribution is 2.23. The molecule has 27 heavy (non-hydrogen) atoms. The van der Waals surface area contributed by atoms with Gasteiger partial charge < -0.3 is 9.30 Å². The Morgan fingerprint density at radius 2 is 2.19 bits per heavy atom. The molecule has 2 aromatic rings. The quantitative estimate of drug-likeness (QED) is 0.459. The first-order valence-corrected chi connectivity index (χ1v) is 10.4. The summed E-state index contributed by atoms with van der Waals surface area (Å²) in [6, 6.07) is 10.3. The van der Waals surface area contributed by atoms with Gasteiger partial charge in [-0.1, -0.05) is 60.3 Å². The van der Waals surface area contributed by atoms with Gasteiger partial charge >= 0.3 is 0 Å². The second-order valence-electron chi connectivity index (χ2n) is 6.75. The van der Waals surface area contributed by atoms with Crippen molar-refractivity contribution < 1.29 is 4.74 Å². The Labute approximate surface area is 166 Å². The maximum absolute atomic E-state index is 5.71. The van der Waals surface area contributed by atoms with Crippen LogP contribution < -0.4 is 0 Å². The number of nitrogens with zero attached hydrogens (tertiary/aromatic N) is 4. The lowest BCUT2D eigenvalue weighted by Gasteiger charge is -2.15. The lowest BCUT2D eigenvalue weighted by Crippen LogP contribution is -2.20. The summed E-state index contributed by atoms with van der Waals surface area (Å²) in [5.74, 6) is 1.91. The van der Waals surface area contributed by atoms with Crippen LogP contribution in [-0.2, 0) is 17.8 Å². The van der Waals surface area contributed by atoms with Crippen LogP contribution in [0.4, 0.5) is 0 Å². The summed E-state index contributed by atoms with van der Waals surface area (Å²) < 4.78 is 7.87. The molecule has 0 spiro atoms. The van der Waals surface area contributed by atoms with E-state index < -0.39 is 0 Å². The molecular formula is C21H28N4OS. The highest BCUT2D eigenvalue weighted by Gasteiger charge is 2.19. The molecule has 0 radical (unpaired) electrons. The number of hydrogen-bond acceptors (Lipinski definition) is 5. The van der Waals surface area contributed by atoms with Gasteiger partial charge in [0.25, 0.3) is 0 Å². The Hall–Kier alpha value is -1.89. The van der Waals surface area contributed by atoms with Crippen molar-refractivity contribution in [1.82, 2.24) is 19.7 Å². The van der Waals surface area contributed by atoms with Crippen LogP contribution in [-0.4, -0.2) is 51.7 Å². The van der Waals surface area contributed by atoms with Gasteiger partial charge in [0.05, 0.1) is 12.6 Å². The minimum Gasteiger partial charge on any atom is -0.377 e. The normalized spacial score (nSPS) is 17.2. The molecule has 1 atom stereocenters. The monoisotopic (exact) mass is 384 g/mol. The van der Waals surface area contributed by atoms with Crippen LogP contribution in [0, 0.1) is 0 Å². The Morgan fingerprint density at radius 1 is 1.33 bits per heavy atom.